The molecule has 0 aliphatic heterocycles. The Balaban J connectivity index is 2.19. The maximum Gasteiger partial charge on any atom is 0.156 e. The zero-order valence-electron chi connectivity index (χ0n) is 11.5. The fourth-order valence-electron chi connectivity index (χ4n) is 1.44. The molecule has 0 radical (unpaired) electrons. The normalized spacial score (nSPS) is 17.7. The molecule has 4 nitrogen and oxygen atoms in total. The molecule has 1 N–H and O–H groups in total. The molecule has 0 aromatic heterocycles. The second kappa shape index (κ2) is 5.67. The lowest BCUT2D eigenvalue weighted by atomic mass is 10.3. The molecular weight excluding hydrogens is 236 g/mol. The van der Waals surface area contributed by atoms with E-state index in [1.807, 2.05) is 7.05 Å². The van der Waals surface area contributed by atoms with Gasteiger partial charge in [0.15, 0.2) is 9.84 Å². The monoisotopic (exact) mass is 262 g/mol. The first-order valence-corrected chi connectivity index (χ1v) is 8.02. The second-order valence-corrected chi connectivity index (χ2v) is 8.83. The van der Waals surface area contributed by atoms with E-state index in [1.54, 1.807) is 20.8 Å². The van der Waals surface area contributed by atoms with Crippen LogP contribution in [0.1, 0.15) is 33.6 Å². The summed E-state index contributed by atoms with van der Waals surface area (Å²) in [6.45, 7) is 7.77. The Morgan fingerprint density at radius 3 is 2.29 bits per heavy atom. The van der Waals surface area contributed by atoms with Crippen molar-refractivity contribution in [1.82, 2.24) is 10.2 Å². The highest BCUT2D eigenvalue weighted by Crippen LogP contribution is 2.18. The summed E-state index contributed by atoms with van der Waals surface area (Å²) < 4.78 is 23.2. The number of hydrogen-bond acceptors (Lipinski definition) is 4. The smallest absolute Gasteiger partial charge is 0.156 e. The van der Waals surface area contributed by atoms with Crippen molar-refractivity contribution in [3.8, 4) is 0 Å². The van der Waals surface area contributed by atoms with Crippen molar-refractivity contribution in [1.29, 1.82) is 0 Å². The van der Waals surface area contributed by atoms with Crippen LogP contribution in [0.15, 0.2) is 0 Å². The van der Waals surface area contributed by atoms with Gasteiger partial charge in [0.25, 0.3) is 0 Å². The van der Waals surface area contributed by atoms with E-state index in [2.05, 4.69) is 10.2 Å². The Labute approximate surface area is 106 Å². The summed E-state index contributed by atoms with van der Waals surface area (Å²) in [4.78, 5) is 2.08. The molecule has 0 bridgehead atoms. The van der Waals surface area contributed by atoms with E-state index in [9.17, 15) is 8.42 Å². The SMILES string of the molecule is CN(CCNC1CC1)CCS(=O)(=O)C(C)(C)C. The van der Waals surface area contributed by atoms with Gasteiger partial charge in [0.05, 0.1) is 10.5 Å². The lowest BCUT2D eigenvalue weighted by molar-refractivity contribution is 0.348. The number of nitrogens with one attached hydrogen (secondary N) is 1. The van der Waals surface area contributed by atoms with Gasteiger partial charge in [0.1, 0.15) is 0 Å². The van der Waals surface area contributed by atoms with Gasteiger partial charge in [0.2, 0.25) is 0 Å². The molecule has 0 heterocycles. The van der Waals surface area contributed by atoms with E-state index in [-0.39, 0.29) is 5.75 Å². The average molecular weight is 262 g/mol. The zero-order chi connectivity index (χ0) is 13.1. The van der Waals surface area contributed by atoms with E-state index < -0.39 is 14.6 Å². The van der Waals surface area contributed by atoms with Crippen molar-refractivity contribution in [2.75, 3.05) is 32.4 Å². The highest BCUT2D eigenvalue weighted by molar-refractivity contribution is 7.92. The van der Waals surface area contributed by atoms with Crippen molar-refractivity contribution in [3.63, 3.8) is 0 Å². The summed E-state index contributed by atoms with van der Waals surface area (Å²) >= 11 is 0. The summed E-state index contributed by atoms with van der Waals surface area (Å²) in [7, 11) is -1.00. The topological polar surface area (TPSA) is 49.4 Å². The predicted octanol–water partition coefficient (Wildman–Crippen LogP) is 0.884. The molecule has 0 aromatic carbocycles. The van der Waals surface area contributed by atoms with Crippen LogP contribution in [0.5, 0.6) is 0 Å². The molecule has 0 amide bonds. The van der Waals surface area contributed by atoms with Crippen LogP contribution in [-0.2, 0) is 9.84 Å². The summed E-state index contributed by atoms with van der Waals surface area (Å²) in [5.74, 6) is 0.246. The number of sulfone groups is 1. The van der Waals surface area contributed by atoms with Gasteiger partial charge in [0, 0.05) is 25.7 Å². The molecule has 1 rings (SSSR count). The Morgan fingerprint density at radius 1 is 1.24 bits per heavy atom. The fraction of sp³-hybridized carbons (Fsp3) is 1.00. The lowest BCUT2D eigenvalue weighted by Gasteiger charge is -2.22. The second-order valence-electron chi connectivity index (χ2n) is 5.96. The summed E-state index contributed by atoms with van der Waals surface area (Å²) in [5, 5.41) is 3.42. The molecule has 0 spiro atoms. The van der Waals surface area contributed by atoms with Crippen LogP contribution in [0.4, 0.5) is 0 Å². The third-order valence-electron chi connectivity index (χ3n) is 3.18. The van der Waals surface area contributed by atoms with Gasteiger partial charge >= 0.3 is 0 Å². The first-order valence-electron chi connectivity index (χ1n) is 6.36. The Hall–Kier alpha value is -0.130. The van der Waals surface area contributed by atoms with Crippen molar-refractivity contribution < 1.29 is 8.42 Å². The van der Waals surface area contributed by atoms with E-state index >= 15 is 0 Å². The predicted molar refractivity (Wildman–Crippen MR) is 72.1 cm³/mol. The van der Waals surface area contributed by atoms with Gasteiger partial charge in [-0.25, -0.2) is 8.42 Å². The molecule has 0 saturated heterocycles. The van der Waals surface area contributed by atoms with Gasteiger partial charge in [-0.05, 0) is 40.7 Å². The lowest BCUT2D eigenvalue weighted by Crippen LogP contribution is -2.37. The number of hydrogen-bond donors (Lipinski definition) is 1. The third-order valence-corrected chi connectivity index (χ3v) is 5.76. The number of likely N-dealkylation sites (N-methyl/N-ethyl adjacent to an activating group) is 1. The first kappa shape index (κ1) is 14.9. The standard InChI is InChI=1S/C12H26N2O2S/c1-12(2,3)17(15,16)10-9-14(4)8-7-13-11-5-6-11/h11,13H,5-10H2,1-4H3. The molecule has 0 unspecified atom stereocenters. The fourth-order valence-corrected chi connectivity index (χ4v) is 2.61. The van der Waals surface area contributed by atoms with Gasteiger partial charge < -0.3 is 10.2 Å². The molecule has 1 saturated carbocycles. The molecule has 1 aliphatic carbocycles. The van der Waals surface area contributed by atoms with E-state index in [0.717, 1.165) is 19.1 Å². The molecule has 0 atom stereocenters. The molecular formula is C12H26N2O2S. The molecule has 17 heavy (non-hydrogen) atoms. The zero-order valence-corrected chi connectivity index (χ0v) is 12.3. The quantitative estimate of drug-likeness (QED) is 0.740. The molecule has 1 aliphatic rings. The maximum atomic E-state index is 11.9. The van der Waals surface area contributed by atoms with E-state index in [4.69, 9.17) is 0 Å². The Bertz CT molecular complexity index is 329. The van der Waals surface area contributed by atoms with Crippen LogP contribution in [-0.4, -0.2) is 56.5 Å². The minimum atomic E-state index is -2.98. The van der Waals surface area contributed by atoms with Crippen LogP contribution in [0.2, 0.25) is 0 Å². The molecule has 1 fully saturated rings. The summed E-state index contributed by atoms with van der Waals surface area (Å²) in [6, 6.07) is 0.724. The molecule has 102 valence electrons. The summed E-state index contributed by atoms with van der Waals surface area (Å²) in [6.07, 6.45) is 2.59. The Morgan fingerprint density at radius 2 is 1.82 bits per heavy atom. The highest BCUT2D eigenvalue weighted by atomic mass is 32.2. The van der Waals surface area contributed by atoms with Crippen molar-refractivity contribution in [2.45, 2.75) is 44.4 Å². The minimum Gasteiger partial charge on any atom is -0.313 e. The van der Waals surface area contributed by atoms with Crippen LogP contribution >= 0.6 is 0 Å². The van der Waals surface area contributed by atoms with Crippen molar-refractivity contribution in [2.24, 2.45) is 0 Å². The average Bonchev–Trinajstić information content (AvgIpc) is 2.97. The van der Waals surface area contributed by atoms with Crippen molar-refractivity contribution in [3.05, 3.63) is 0 Å². The van der Waals surface area contributed by atoms with Crippen LogP contribution in [0.25, 0.3) is 0 Å². The third kappa shape index (κ3) is 5.36. The molecule has 0 aromatic rings. The van der Waals surface area contributed by atoms with Crippen LogP contribution < -0.4 is 5.32 Å². The number of rotatable bonds is 7. The van der Waals surface area contributed by atoms with Gasteiger partial charge in [-0.2, -0.15) is 0 Å². The van der Waals surface area contributed by atoms with Gasteiger partial charge in [-0.3, -0.25) is 0 Å². The summed E-state index contributed by atoms with van der Waals surface area (Å²) in [5.41, 5.74) is 0. The van der Waals surface area contributed by atoms with Crippen LogP contribution in [0.3, 0.4) is 0 Å². The Kier molecular flexibility index (Phi) is 4.98. The maximum absolute atomic E-state index is 11.9. The van der Waals surface area contributed by atoms with Crippen molar-refractivity contribution >= 4 is 9.84 Å². The minimum absolute atomic E-state index is 0.246. The van der Waals surface area contributed by atoms with Gasteiger partial charge in [-0.1, -0.05) is 0 Å². The van der Waals surface area contributed by atoms with E-state index in [1.165, 1.54) is 12.8 Å². The van der Waals surface area contributed by atoms with E-state index in [0.29, 0.717) is 6.54 Å². The number of nitrogens with zero attached hydrogens (tertiary/aromatic N) is 1. The van der Waals surface area contributed by atoms with Gasteiger partial charge in [-0.15, -0.1) is 0 Å². The molecule has 5 heteroatoms. The first-order chi connectivity index (χ1) is 7.72. The highest BCUT2D eigenvalue weighted by Gasteiger charge is 2.28. The van der Waals surface area contributed by atoms with Crippen LogP contribution in [0, 0.1) is 0 Å². The largest absolute Gasteiger partial charge is 0.313 e.